The Kier molecular flexibility index (Phi) is 5.13. The Labute approximate surface area is 141 Å². The van der Waals surface area contributed by atoms with Crippen LogP contribution in [-0.2, 0) is 4.74 Å². The van der Waals surface area contributed by atoms with Gasteiger partial charge in [-0.15, -0.1) is 0 Å². The largest absolute Gasteiger partial charge is 0.484 e. The average Bonchev–Trinajstić information content (AvgIpc) is 2.89. The van der Waals surface area contributed by atoms with E-state index in [4.69, 9.17) is 14.7 Å². The molecule has 1 saturated heterocycles. The summed E-state index contributed by atoms with van der Waals surface area (Å²) in [6.45, 7) is 8.04. The van der Waals surface area contributed by atoms with E-state index in [1.807, 2.05) is 33.8 Å². The first-order chi connectivity index (χ1) is 11.2. The Hall–Kier alpha value is -2.55. The number of hydrogen-bond acceptors (Lipinski definition) is 4. The number of halogens is 1. The van der Waals surface area contributed by atoms with Crippen molar-refractivity contribution < 1.29 is 18.7 Å². The summed E-state index contributed by atoms with van der Waals surface area (Å²) in [6.07, 6.45) is 1.11. The molecule has 128 valence electrons. The van der Waals surface area contributed by atoms with E-state index in [1.165, 1.54) is 12.1 Å². The number of likely N-dealkylation sites (tertiary alicyclic amines) is 1. The topological polar surface area (TPSA) is 62.6 Å². The number of carbonyl (C=O) groups is 1. The number of rotatable bonds is 2. The van der Waals surface area contributed by atoms with E-state index < -0.39 is 17.5 Å². The van der Waals surface area contributed by atoms with Gasteiger partial charge in [-0.25, -0.2) is 9.18 Å². The maximum atomic E-state index is 13.7. The maximum Gasteiger partial charge on any atom is 0.410 e. The van der Waals surface area contributed by atoms with Crippen LogP contribution < -0.4 is 4.74 Å². The Morgan fingerprint density at radius 1 is 1.46 bits per heavy atom. The first kappa shape index (κ1) is 17.8. The summed E-state index contributed by atoms with van der Waals surface area (Å²) < 4.78 is 24.9. The summed E-state index contributed by atoms with van der Waals surface area (Å²) in [6, 6.07) is 5.87. The molecule has 5 nitrogen and oxygen atoms in total. The third kappa shape index (κ3) is 4.25. The normalized spacial score (nSPS) is 19.2. The molecule has 1 aliphatic heterocycles. The fourth-order valence-corrected chi connectivity index (χ4v) is 2.38. The van der Waals surface area contributed by atoms with Crippen LogP contribution in [0.2, 0.25) is 0 Å². The molecule has 1 amide bonds. The minimum absolute atomic E-state index is 0.0320. The second kappa shape index (κ2) is 6.91. The molecule has 0 bridgehead atoms. The third-order valence-electron chi connectivity index (χ3n) is 3.54. The molecule has 0 spiro atoms. The second-order valence-electron chi connectivity index (χ2n) is 6.58. The number of benzene rings is 1. The fourth-order valence-electron chi connectivity index (χ4n) is 2.38. The molecule has 2 rings (SSSR count). The molecule has 1 atom stereocenters. The lowest BCUT2D eigenvalue weighted by molar-refractivity contribution is 0.0276. The van der Waals surface area contributed by atoms with Gasteiger partial charge in [0.1, 0.15) is 29.3 Å². The minimum atomic E-state index is -0.626. The van der Waals surface area contributed by atoms with E-state index in [0.717, 1.165) is 5.57 Å². The van der Waals surface area contributed by atoms with Gasteiger partial charge in [-0.05, 0) is 45.4 Å². The van der Waals surface area contributed by atoms with Crippen molar-refractivity contribution in [1.29, 1.82) is 5.26 Å². The lowest BCUT2D eigenvalue weighted by atomic mass is 10.2. The number of carbonyl (C=O) groups excluding carboxylic acids is 1. The van der Waals surface area contributed by atoms with Crippen LogP contribution in [0.5, 0.6) is 5.75 Å². The summed E-state index contributed by atoms with van der Waals surface area (Å²) in [5, 5.41) is 8.76. The number of allylic oxidation sites excluding steroid dienone is 1. The summed E-state index contributed by atoms with van der Waals surface area (Å²) in [5.74, 6) is -0.305. The van der Waals surface area contributed by atoms with Gasteiger partial charge in [0.2, 0.25) is 0 Å². The molecule has 0 radical (unpaired) electrons. The number of nitriles is 1. The Balaban J connectivity index is 2.09. The van der Waals surface area contributed by atoms with Crippen molar-refractivity contribution in [2.24, 2.45) is 0 Å². The summed E-state index contributed by atoms with van der Waals surface area (Å²) in [5.41, 5.74) is 0.323. The zero-order valence-corrected chi connectivity index (χ0v) is 14.3. The average molecular weight is 332 g/mol. The highest BCUT2D eigenvalue weighted by Gasteiger charge is 2.34. The number of ether oxygens (including phenoxy) is 2. The van der Waals surface area contributed by atoms with Crippen molar-refractivity contribution in [3.05, 3.63) is 41.2 Å². The molecule has 0 N–H and O–H groups in total. The van der Waals surface area contributed by atoms with Gasteiger partial charge in [-0.1, -0.05) is 6.08 Å². The highest BCUT2D eigenvalue weighted by molar-refractivity contribution is 5.69. The molecule has 1 aromatic carbocycles. The summed E-state index contributed by atoms with van der Waals surface area (Å²) in [4.78, 5) is 13.7. The molecular formula is C18H21FN2O3. The van der Waals surface area contributed by atoms with Crippen LogP contribution in [0.1, 0.15) is 33.3 Å². The smallest absolute Gasteiger partial charge is 0.410 e. The van der Waals surface area contributed by atoms with E-state index in [9.17, 15) is 9.18 Å². The number of nitrogens with zero attached hydrogens (tertiary/aromatic N) is 2. The Bertz CT molecular complexity index is 701. The summed E-state index contributed by atoms with van der Waals surface area (Å²) in [7, 11) is 0. The van der Waals surface area contributed by atoms with Gasteiger partial charge < -0.3 is 9.47 Å². The molecule has 0 saturated carbocycles. The molecule has 0 aromatic heterocycles. The second-order valence-corrected chi connectivity index (χ2v) is 6.58. The summed E-state index contributed by atoms with van der Waals surface area (Å²) >= 11 is 0. The zero-order valence-electron chi connectivity index (χ0n) is 14.3. The molecule has 0 aliphatic carbocycles. The lowest BCUT2D eigenvalue weighted by Crippen LogP contribution is -2.36. The molecular weight excluding hydrogens is 311 g/mol. The van der Waals surface area contributed by atoms with Gasteiger partial charge >= 0.3 is 6.09 Å². The van der Waals surface area contributed by atoms with E-state index in [0.29, 0.717) is 18.8 Å². The van der Waals surface area contributed by atoms with Gasteiger partial charge in [0.25, 0.3) is 0 Å². The van der Waals surface area contributed by atoms with Gasteiger partial charge in [0.05, 0.1) is 12.1 Å². The highest BCUT2D eigenvalue weighted by Crippen LogP contribution is 2.25. The van der Waals surface area contributed by atoms with Crippen LogP contribution in [0.15, 0.2) is 29.8 Å². The van der Waals surface area contributed by atoms with Gasteiger partial charge in [0, 0.05) is 12.6 Å². The van der Waals surface area contributed by atoms with Crippen molar-refractivity contribution in [2.45, 2.75) is 39.4 Å². The quantitative estimate of drug-likeness (QED) is 0.776. The predicted octanol–water partition coefficient (Wildman–Crippen LogP) is 3.64. The monoisotopic (exact) mass is 332 g/mol. The lowest BCUT2D eigenvalue weighted by Gasteiger charge is -2.24. The third-order valence-corrected chi connectivity index (χ3v) is 3.54. The fraction of sp³-hybridized carbons (Fsp3) is 0.444. The molecule has 24 heavy (non-hydrogen) atoms. The van der Waals surface area contributed by atoms with Crippen LogP contribution in [0.25, 0.3) is 0 Å². The first-order valence-electron chi connectivity index (χ1n) is 7.73. The van der Waals surface area contributed by atoms with Crippen LogP contribution in [0.4, 0.5) is 9.18 Å². The molecule has 1 heterocycles. The molecule has 1 aromatic rings. The van der Waals surface area contributed by atoms with Crippen LogP contribution in [-0.4, -0.2) is 35.8 Å². The first-order valence-corrected chi connectivity index (χ1v) is 7.73. The zero-order chi connectivity index (χ0) is 17.9. The van der Waals surface area contributed by atoms with Crippen LogP contribution in [0.3, 0.4) is 0 Å². The molecule has 1 aliphatic rings. The van der Waals surface area contributed by atoms with Crippen molar-refractivity contribution in [3.63, 3.8) is 0 Å². The Morgan fingerprint density at radius 2 is 2.17 bits per heavy atom. The van der Waals surface area contributed by atoms with Crippen molar-refractivity contribution >= 4 is 6.09 Å². The molecule has 6 heteroatoms. The maximum absolute atomic E-state index is 13.7. The number of amides is 1. The predicted molar refractivity (Wildman–Crippen MR) is 87.1 cm³/mol. The van der Waals surface area contributed by atoms with Crippen molar-refractivity contribution in [2.75, 3.05) is 13.1 Å². The van der Waals surface area contributed by atoms with Crippen LogP contribution >= 0.6 is 0 Å². The van der Waals surface area contributed by atoms with Gasteiger partial charge in [-0.2, -0.15) is 5.26 Å². The molecule has 1 unspecified atom stereocenters. The van der Waals surface area contributed by atoms with E-state index in [1.54, 1.807) is 17.0 Å². The SMILES string of the molecule is CC=C1CN(C(=O)OC(C)(C)C)CC1Oc1ccc(C#N)c(F)c1. The number of hydrogen-bond donors (Lipinski definition) is 0. The van der Waals surface area contributed by atoms with E-state index in [2.05, 4.69) is 0 Å². The van der Waals surface area contributed by atoms with E-state index in [-0.39, 0.29) is 11.7 Å². The standard InChI is InChI=1S/C18H21FN2O3/c1-5-12-10-21(17(22)24-18(2,3)4)11-16(12)23-14-7-6-13(9-20)15(19)8-14/h5-8,16H,10-11H2,1-4H3. The van der Waals surface area contributed by atoms with Crippen LogP contribution in [0, 0.1) is 17.1 Å². The Morgan fingerprint density at radius 3 is 2.71 bits per heavy atom. The van der Waals surface area contributed by atoms with Crippen molar-refractivity contribution in [3.8, 4) is 11.8 Å². The minimum Gasteiger partial charge on any atom is -0.484 e. The van der Waals surface area contributed by atoms with Gasteiger partial charge in [-0.3, -0.25) is 4.90 Å². The molecule has 1 fully saturated rings. The van der Waals surface area contributed by atoms with E-state index >= 15 is 0 Å². The highest BCUT2D eigenvalue weighted by atomic mass is 19.1. The van der Waals surface area contributed by atoms with Crippen molar-refractivity contribution in [1.82, 2.24) is 4.90 Å². The van der Waals surface area contributed by atoms with Gasteiger partial charge in [0.15, 0.2) is 0 Å².